The van der Waals surface area contributed by atoms with E-state index in [1.807, 2.05) is 18.2 Å². The summed E-state index contributed by atoms with van der Waals surface area (Å²) in [6.07, 6.45) is 1.38. The molecule has 0 atom stereocenters. The lowest BCUT2D eigenvalue weighted by Crippen LogP contribution is -2.38. The molecule has 2 aromatic heterocycles. The fourth-order valence-electron chi connectivity index (χ4n) is 5.38. The van der Waals surface area contributed by atoms with Crippen molar-refractivity contribution < 1.29 is 17.3 Å². The molecule has 0 unspecified atom stereocenters. The van der Waals surface area contributed by atoms with Crippen LogP contribution in [-0.4, -0.2) is 35.5 Å². The Morgan fingerprint density at radius 2 is 1.80 bits per heavy atom. The maximum absolute atomic E-state index is 14.6. The van der Waals surface area contributed by atoms with E-state index in [0.29, 0.717) is 54.5 Å². The zero-order valence-electron chi connectivity index (χ0n) is 19.9. The molecule has 4 aromatic rings. The van der Waals surface area contributed by atoms with Gasteiger partial charge in [0.2, 0.25) is 10.0 Å². The van der Waals surface area contributed by atoms with Gasteiger partial charge in [-0.3, -0.25) is 0 Å². The van der Waals surface area contributed by atoms with E-state index in [2.05, 4.69) is 22.7 Å². The molecular formula is C26H27ClFN3O3S. The monoisotopic (exact) mass is 515 g/mol. The fourth-order valence-corrected chi connectivity index (χ4v) is 7.36. The predicted octanol–water partition coefficient (Wildman–Crippen LogP) is 5.96. The number of fused-ring (bicyclic) bond motifs is 1. The maximum atomic E-state index is 14.6. The molecule has 0 spiro atoms. The number of hydrogen-bond donors (Lipinski definition) is 0. The molecule has 0 N–H and O–H groups in total. The van der Waals surface area contributed by atoms with Gasteiger partial charge in [-0.05, 0) is 63.3 Å². The Labute approximate surface area is 209 Å². The van der Waals surface area contributed by atoms with Crippen molar-refractivity contribution in [3.63, 3.8) is 0 Å². The lowest BCUT2D eigenvalue weighted by Gasteiger charge is -2.31. The van der Waals surface area contributed by atoms with Crippen LogP contribution in [0.15, 0.2) is 51.9 Å². The van der Waals surface area contributed by atoms with Crippen LogP contribution in [0.5, 0.6) is 0 Å². The maximum Gasteiger partial charge on any atom is 0.248 e. The van der Waals surface area contributed by atoms with Crippen LogP contribution in [0.3, 0.4) is 0 Å². The van der Waals surface area contributed by atoms with Crippen molar-refractivity contribution in [1.82, 2.24) is 14.0 Å². The minimum Gasteiger partial charge on any atom is -0.360 e. The molecule has 184 valence electrons. The lowest BCUT2D eigenvalue weighted by atomic mass is 9.88. The molecule has 35 heavy (non-hydrogen) atoms. The first-order valence-corrected chi connectivity index (χ1v) is 13.5. The van der Waals surface area contributed by atoms with Gasteiger partial charge in [-0.15, -0.1) is 0 Å². The Kier molecular flexibility index (Phi) is 6.23. The molecule has 1 fully saturated rings. The van der Waals surface area contributed by atoms with Crippen LogP contribution in [0.2, 0.25) is 5.02 Å². The summed E-state index contributed by atoms with van der Waals surface area (Å²) >= 11 is 6.33. The van der Waals surface area contributed by atoms with Crippen molar-refractivity contribution in [2.24, 2.45) is 0 Å². The van der Waals surface area contributed by atoms with Crippen molar-refractivity contribution >= 4 is 32.5 Å². The number of aryl methyl sites for hydroxylation is 2. The van der Waals surface area contributed by atoms with Crippen molar-refractivity contribution in [3.8, 4) is 0 Å². The second-order valence-corrected chi connectivity index (χ2v) is 11.4. The van der Waals surface area contributed by atoms with Crippen molar-refractivity contribution in [3.05, 3.63) is 81.6 Å². The Bertz CT molecular complexity index is 1480. The van der Waals surface area contributed by atoms with Crippen LogP contribution in [0.25, 0.3) is 10.9 Å². The summed E-state index contributed by atoms with van der Waals surface area (Å²) in [5.41, 5.74) is 4.12. The van der Waals surface area contributed by atoms with E-state index in [1.54, 1.807) is 26.0 Å². The van der Waals surface area contributed by atoms with Crippen LogP contribution in [0, 0.1) is 26.6 Å². The Morgan fingerprint density at radius 3 is 2.46 bits per heavy atom. The zero-order valence-corrected chi connectivity index (χ0v) is 21.5. The number of hydrogen-bond acceptors (Lipinski definition) is 4. The van der Waals surface area contributed by atoms with Crippen LogP contribution in [0.4, 0.5) is 4.39 Å². The van der Waals surface area contributed by atoms with Gasteiger partial charge in [0.05, 0.1) is 6.54 Å². The minimum atomic E-state index is -3.67. The lowest BCUT2D eigenvalue weighted by molar-refractivity contribution is 0.318. The third-order valence-corrected chi connectivity index (χ3v) is 9.58. The van der Waals surface area contributed by atoms with E-state index < -0.39 is 10.0 Å². The topological polar surface area (TPSA) is 68.3 Å². The molecule has 1 aliphatic rings. The summed E-state index contributed by atoms with van der Waals surface area (Å²) in [6.45, 7) is 6.48. The molecule has 1 aliphatic heterocycles. The average molecular weight is 516 g/mol. The molecule has 5 rings (SSSR count). The quantitative estimate of drug-likeness (QED) is 0.328. The number of nitrogens with zero attached hydrogens (tertiary/aromatic N) is 3. The third-order valence-electron chi connectivity index (χ3n) is 7.09. The largest absolute Gasteiger partial charge is 0.360 e. The zero-order chi connectivity index (χ0) is 24.9. The smallest absolute Gasteiger partial charge is 0.248 e. The number of rotatable bonds is 5. The summed E-state index contributed by atoms with van der Waals surface area (Å²) in [4.78, 5) is 0.172. The van der Waals surface area contributed by atoms with Gasteiger partial charge in [0.25, 0.3) is 0 Å². The highest BCUT2D eigenvalue weighted by molar-refractivity contribution is 7.89. The molecule has 0 bridgehead atoms. The predicted molar refractivity (Wildman–Crippen MR) is 134 cm³/mol. The molecule has 0 aliphatic carbocycles. The Morgan fingerprint density at radius 1 is 1.09 bits per heavy atom. The first-order chi connectivity index (χ1) is 16.7. The normalized spacial score (nSPS) is 15.8. The van der Waals surface area contributed by atoms with Gasteiger partial charge in [0.15, 0.2) is 5.76 Å². The number of piperidine rings is 1. The van der Waals surface area contributed by atoms with E-state index in [4.69, 9.17) is 16.1 Å². The second-order valence-electron chi connectivity index (χ2n) is 9.13. The minimum absolute atomic E-state index is 0.172. The molecule has 0 radical (unpaired) electrons. The fraction of sp³-hybridized carbons (Fsp3) is 0.346. The number of para-hydroxylation sites is 1. The number of aromatic nitrogens is 2. The summed E-state index contributed by atoms with van der Waals surface area (Å²) in [5.74, 6) is 0.178. The van der Waals surface area contributed by atoms with Crippen LogP contribution < -0.4 is 0 Å². The summed E-state index contributed by atoms with van der Waals surface area (Å²) in [7, 11) is -3.67. The highest BCUT2D eigenvalue weighted by atomic mass is 35.5. The first kappa shape index (κ1) is 24.0. The van der Waals surface area contributed by atoms with Gasteiger partial charge in [-0.25, -0.2) is 12.8 Å². The van der Waals surface area contributed by atoms with Crippen LogP contribution >= 0.6 is 11.6 Å². The first-order valence-electron chi connectivity index (χ1n) is 11.6. The van der Waals surface area contributed by atoms with E-state index in [1.165, 1.54) is 15.9 Å². The molecule has 0 amide bonds. The van der Waals surface area contributed by atoms with Gasteiger partial charge in [-0.2, -0.15) is 4.31 Å². The molecule has 0 saturated carbocycles. The molecular weight excluding hydrogens is 489 g/mol. The van der Waals surface area contributed by atoms with Gasteiger partial charge in [0.1, 0.15) is 16.4 Å². The summed E-state index contributed by atoms with van der Waals surface area (Å²) in [6, 6.07) is 12.8. The van der Waals surface area contributed by atoms with Crippen molar-refractivity contribution in [2.75, 3.05) is 13.1 Å². The second kappa shape index (κ2) is 9.08. The molecule has 1 saturated heterocycles. The Balaban J connectivity index is 1.46. The highest BCUT2D eigenvalue weighted by Gasteiger charge is 2.35. The number of benzene rings is 2. The third kappa shape index (κ3) is 4.07. The van der Waals surface area contributed by atoms with Crippen LogP contribution in [-0.2, 0) is 16.6 Å². The Hall–Kier alpha value is -2.68. The van der Waals surface area contributed by atoms with E-state index in [0.717, 1.165) is 16.6 Å². The molecule has 9 heteroatoms. The van der Waals surface area contributed by atoms with Gasteiger partial charge in [0, 0.05) is 40.3 Å². The summed E-state index contributed by atoms with van der Waals surface area (Å²) < 4.78 is 49.8. The van der Waals surface area contributed by atoms with Crippen molar-refractivity contribution in [2.45, 2.75) is 51.0 Å². The summed E-state index contributed by atoms with van der Waals surface area (Å²) in [5, 5.41) is 5.33. The SMILES string of the molecule is Cc1noc(C)c1S(=O)(=O)N1CCC(c2c(C)n(Cc3c(F)cccc3Cl)c3ccccc23)CC1. The number of sulfonamides is 1. The van der Waals surface area contributed by atoms with Gasteiger partial charge < -0.3 is 9.09 Å². The molecule has 6 nitrogen and oxygen atoms in total. The van der Waals surface area contributed by atoms with E-state index in [9.17, 15) is 12.8 Å². The van der Waals surface area contributed by atoms with Crippen molar-refractivity contribution in [1.29, 1.82) is 0 Å². The van der Waals surface area contributed by atoms with E-state index >= 15 is 0 Å². The highest BCUT2D eigenvalue weighted by Crippen LogP contribution is 2.39. The standard InChI is InChI=1S/C26H27ClFN3O3S/c1-16-26(18(3)34-29-16)35(32,33)30-13-11-19(12-14-30)25-17(2)31(24-10-5-4-7-20(24)25)15-21-22(27)8-6-9-23(21)28/h4-10,19H,11-15H2,1-3H3. The van der Waals surface area contributed by atoms with E-state index in [-0.39, 0.29) is 16.6 Å². The van der Waals surface area contributed by atoms with Gasteiger partial charge >= 0.3 is 0 Å². The number of halogens is 2. The van der Waals surface area contributed by atoms with Crippen LogP contribution in [0.1, 0.15) is 47.0 Å². The molecule has 3 heterocycles. The molecule has 2 aromatic carbocycles. The average Bonchev–Trinajstić information content (AvgIpc) is 3.32. The van der Waals surface area contributed by atoms with Gasteiger partial charge in [-0.1, -0.05) is 41.0 Å².